The summed E-state index contributed by atoms with van der Waals surface area (Å²) in [5, 5.41) is 13.3. The van der Waals surface area contributed by atoms with Gasteiger partial charge in [-0.25, -0.2) is 9.36 Å². The number of aromatic nitrogens is 6. The van der Waals surface area contributed by atoms with Crippen molar-refractivity contribution in [1.82, 2.24) is 29.8 Å². The van der Waals surface area contributed by atoms with Crippen LogP contribution in [0.5, 0.6) is 0 Å². The van der Waals surface area contributed by atoms with Gasteiger partial charge in [0.1, 0.15) is 5.69 Å². The number of rotatable bonds is 4. The van der Waals surface area contributed by atoms with Gasteiger partial charge in [0.05, 0.1) is 29.3 Å². The third-order valence-corrected chi connectivity index (χ3v) is 4.75. The van der Waals surface area contributed by atoms with Crippen LogP contribution in [0, 0.1) is 20.8 Å². The van der Waals surface area contributed by atoms with Crippen molar-refractivity contribution < 1.29 is 0 Å². The lowest BCUT2D eigenvalue weighted by Gasteiger charge is -2.12. The first-order chi connectivity index (χ1) is 13.0. The summed E-state index contributed by atoms with van der Waals surface area (Å²) in [6, 6.07) is 14.3. The van der Waals surface area contributed by atoms with E-state index in [1.165, 1.54) is 0 Å². The third-order valence-electron chi connectivity index (χ3n) is 4.75. The lowest BCUT2D eigenvalue weighted by molar-refractivity contribution is 0.529. The first-order valence-electron chi connectivity index (χ1n) is 9.00. The largest absolute Gasteiger partial charge is 0.259 e. The number of pyridine rings is 1. The topological polar surface area (TPSA) is 61.4 Å². The lowest BCUT2D eigenvalue weighted by atomic mass is 10.1. The number of hydrogen-bond donors (Lipinski definition) is 0. The van der Waals surface area contributed by atoms with E-state index in [1.54, 1.807) is 0 Å². The average molecular weight is 358 g/mol. The van der Waals surface area contributed by atoms with Crippen molar-refractivity contribution in [2.24, 2.45) is 0 Å². The second kappa shape index (κ2) is 6.79. The minimum Gasteiger partial charge on any atom is -0.259 e. The van der Waals surface area contributed by atoms with E-state index in [1.807, 2.05) is 52.9 Å². The zero-order valence-electron chi connectivity index (χ0n) is 16.0. The molecule has 0 spiro atoms. The summed E-state index contributed by atoms with van der Waals surface area (Å²) >= 11 is 0. The van der Waals surface area contributed by atoms with Gasteiger partial charge in [0, 0.05) is 17.5 Å². The Bertz CT molecular complexity index is 1090. The highest BCUT2D eigenvalue weighted by Crippen LogP contribution is 2.24. The van der Waals surface area contributed by atoms with Gasteiger partial charge in [0.15, 0.2) is 0 Å². The zero-order chi connectivity index (χ0) is 19.0. The second-order valence-electron chi connectivity index (χ2n) is 6.85. The summed E-state index contributed by atoms with van der Waals surface area (Å²) in [5.41, 5.74) is 7.12. The van der Waals surface area contributed by atoms with Crippen molar-refractivity contribution in [2.75, 3.05) is 0 Å². The zero-order valence-corrected chi connectivity index (χ0v) is 16.0. The summed E-state index contributed by atoms with van der Waals surface area (Å²) < 4.78 is 3.81. The molecule has 6 heteroatoms. The molecule has 0 amide bonds. The number of nitrogens with zero attached hydrogens (tertiary/aromatic N) is 6. The molecule has 0 saturated carbocycles. The van der Waals surface area contributed by atoms with Gasteiger partial charge in [-0.2, -0.15) is 5.10 Å². The first-order valence-corrected chi connectivity index (χ1v) is 9.00. The van der Waals surface area contributed by atoms with E-state index < -0.39 is 0 Å². The van der Waals surface area contributed by atoms with Gasteiger partial charge in [0.2, 0.25) is 0 Å². The molecule has 0 bridgehead atoms. The number of aryl methyl sites for hydroxylation is 3. The third kappa shape index (κ3) is 3.26. The van der Waals surface area contributed by atoms with E-state index in [9.17, 15) is 0 Å². The molecule has 0 aliphatic rings. The van der Waals surface area contributed by atoms with E-state index in [-0.39, 0.29) is 6.04 Å². The van der Waals surface area contributed by atoms with Crippen LogP contribution in [0.3, 0.4) is 0 Å². The SMILES string of the molecule is Cc1cc(C)n(-c2cccc(-c3cn([C@H](C)c4ncccc4C)nn3)c2)n1. The van der Waals surface area contributed by atoms with Crippen molar-refractivity contribution in [2.45, 2.75) is 33.7 Å². The summed E-state index contributed by atoms with van der Waals surface area (Å²) in [6.45, 7) is 8.20. The molecule has 1 atom stereocenters. The molecule has 3 heterocycles. The molecule has 27 heavy (non-hydrogen) atoms. The van der Waals surface area contributed by atoms with Crippen molar-refractivity contribution in [3.05, 3.63) is 77.5 Å². The monoisotopic (exact) mass is 358 g/mol. The van der Waals surface area contributed by atoms with Gasteiger partial charge in [0.25, 0.3) is 0 Å². The fraction of sp³-hybridized carbons (Fsp3) is 0.238. The van der Waals surface area contributed by atoms with Crippen LogP contribution in [0.1, 0.15) is 35.6 Å². The average Bonchev–Trinajstić information content (AvgIpc) is 3.28. The highest BCUT2D eigenvalue weighted by molar-refractivity contribution is 5.61. The van der Waals surface area contributed by atoms with Crippen molar-refractivity contribution >= 4 is 0 Å². The van der Waals surface area contributed by atoms with Crippen LogP contribution in [0.25, 0.3) is 16.9 Å². The van der Waals surface area contributed by atoms with Crippen LogP contribution < -0.4 is 0 Å². The van der Waals surface area contributed by atoms with Crippen LogP contribution >= 0.6 is 0 Å². The van der Waals surface area contributed by atoms with Gasteiger partial charge >= 0.3 is 0 Å². The molecule has 0 fully saturated rings. The fourth-order valence-corrected chi connectivity index (χ4v) is 3.35. The molecule has 1 aromatic carbocycles. The van der Waals surface area contributed by atoms with E-state index in [0.717, 1.165) is 39.6 Å². The molecule has 0 N–H and O–H groups in total. The van der Waals surface area contributed by atoms with E-state index >= 15 is 0 Å². The lowest BCUT2D eigenvalue weighted by Crippen LogP contribution is -2.10. The molecular weight excluding hydrogens is 336 g/mol. The standard InChI is InChI=1S/C21H22N6/c1-14-7-6-10-22-21(14)17(4)26-13-20(23-25-26)18-8-5-9-19(12-18)27-16(3)11-15(2)24-27/h5-13,17H,1-4H3/t17-/m1/s1. The Morgan fingerprint density at radius 3 is 2.59 bits per heavy atom. The Kier molecular flexibility index (Phi) is 4.32. The summed E-state index contributed by atoms with van der Waals surface area (Å²) in [7, 11) is 0. The smallest absolute Gasteiger partial charge is 0.113 e. The maximum atomic E-state index is 4.57. The maximum Gasteiger partial charge on any atom is 0.113 e. The highest BCUT2D eigenvalue weighted by Gasteiger charge is 2.15. The fourth-order valence-electron chi connectivity index (χ4n) is 3.35. The second-order valence-corrected chi connectivity index (χ2v) is 6.85. The predicted octanol–water partition coefficient (Wildman–Crippen LogP) is 4.06. The molecule has 3 aromatic heterocycles. The number of benzene rings is 1. The van der Waals surface area contributed by atoms with Crippen LogP contribution in [-0.4, -0.2) is 29.8 Å². The molecule has 0 aliphatic heterocycles. The Morgan fingerprint density at radius 1 is 1.00 bits per heavy atom. The molecule has 6 nitrogen and oxygen atoms in total. The van der Waals surface area contributed by atoms with Crippen molar-refractivity contribution in [1.29, 1.82) is 0 Å². The quantitative estimate of drug-likeness (QED) is 0.552. The predicted molar refractivity (Wildman–Crippen MR) is 105 cm³/mol. The van der Waals surface area contributed by atoms with Gasteiger partial charge in [-0.1, -0.05) is 23.4 Å². The van der Waals surface area contributed by atoms with Gasteiger partial charge < -0.3 is 0 Å². The van der Waals surface area contributed by atoms with Gasteiger partial charge in [-0.05, 0) is 57.5 Å². The van der Waals surface area contributed by atoms with Gasteiger partial charge in [-0.15, -0.1) is 5.10 Å². The first kappa shape index (κ1) is 17.1. The number of hydrogen-bond acceptors (Lipinski definition) is 4. The summed E-state index contributed by atoms with van der Waals surface area (Å²) in [6.07, 6.45) is 3.79. The van der Waals surface area contributed by atoms with Crippen LogP contribution in [0.15, 0.2) is 54.9 Å². The molecule has 4 aromatic rings. The summed E-state index contributed by atoms with van der Waals surface area (Å²) in [4.78, 5) is 4.50. The Hall–Kier alpha value is -3.28. The molecule has 0 saturated heterocycles. The van der Waals surface area contributed by atoms with E-state index in [0.29, 0.717) is 0 Å². The van der Waals surface area contributed by atoms with Crippen molar-refractivity contribution in [3.8, 4) is 16.9 Å². The van der Waals surface area contributed by atoms with Crippen LogP contribution in [0.2, 0.25) is 0 Å². The Morgan fingerprint density at radius 2 is 1.85 bits per heavy atom. The maximum absolute atomic E-state index is 4.57. The molecular formula is C21H22N6. The molecule has 0 unspecified atom stereocenters. The Balaban J connectivity index is 1.67. The molecule has 0 aliphatic carbocycles. The minimum absolute atomic E-state index is 0.0200. The van der Waals surface area contributed by atoms with E-state index in [2.05, 4.69) is 59.4 Å². The minimum atomic E-state index is 0.0200. The van der Waals surface area contributed by atoms with Crippen LogP contribution in [0.4, 0.5) is 0 Å². The molecule has 4 rings (SSSR count). The van der Waals surface area contributed by atoms with Crippen LogP contribution in [-0.2, 0) is 0 Å². The molecule has 136 valence electrons. The normalized spacial score (nSPS) is 12.3. The van der Waals surface area contributed by atoms with E-state index in [4.69, 9.17) is 0 Å². The highest BCUT2D eigenvalue weighted by atomic mass is 15.4. The van der Waals surface area contributed by atoms with Gasteiger partial charge in [-0.3, -0.25) is 4.98 Å². The Labute approximate surface area is 158 Å². The summed E-state index contributed by atoms with van der Waals surface area (Å²) in [5.74, 6) is 0. The molecule has 0 radical (unpaired) electrons. The van der Waals surface area contributed by atoms with Crippen molar-refractivity contribution in [3.63, 3.8) is 0 Å².